The molecule has 0 spiro atoms. The second-order valence-corrected chi connectivity index (χ2v) is 9.86. The third-order valence-electron chi connectivity index (χ3n) is 7.55. The molecule has 0 saturated carbocycles. The van der Waals surface area contributed by atoms with Crippen molar-refractivity contribution in [2.24, 2.45) is 0 Å². The fourth-order valence-electron chi connectivity index (χ4n) is 5.76. The molecule has 2 atom stereocenters. The average molecular weight is 514 g/mol. The number of ether oxygens (including phenoxy) is 2. The van der Waals surface area contributed by atoms with Gasteiger partial charge in [-0.05, 0) is 41.7 Å². The highest BCUT2D eigenvalue weighted by molar-refractivity contribution is 5.68. The summed E-state index contributed by atoms with van der Waals surface area (Å²) < 4.78 is 56.0. The molecule has 0 saturated heterocycles. The third-order valence-corrected chi connectivity index (χ3v) is 7.55. The lowest BCUT2D eigenvalue weighted by Crippen LogP contribution is -2.34. The molecule has 0 fully saturated rings. The second kappa shape index (κ2) is 9.09. The Bertz CT molecular complexity index is 1350. The van der Waals surface area contributed by atoms with Gasteiger partial charge in [0.05, 0.1) is 25.1 Å². The highest BCUT2D eigenvalue weighted by Crippen LogP contribution is 2.44. The molecule has 194 valence electrons. The predicted octanol–water partition coefficient (Wildman–Crippen LogP) is 4.93. The van der Waals surface area contributed by atoms with Gasteiger partial charge in [0.25, 0.3) is 0 Å². The molecule has 1 aromatic heterocycles. The zero-order valence-electron chi connectivity index (χ0n) is 20.0. The number of benzene rings is 2. The Morgan fingerprint density at radius 2 is 2.03 bits per heavy atom. The minimum atomic E-state index is -4.44. The van der Waals surface area contributed by atoms with Gasteiger partial charge in [-0.3, -0.25) is 9.69 Å². The van der Waals surface area contributed by atoms with E-state index in [0.717, 1.165) is 17.0 Å². The van der Waals surface area contributed by atoms with E-state index in [0.29, 0.717) is 61.7 Å². The van der Waals surface area contributed by atoms with Crippen molar-refractivity contribution in [3.63, 3.8) is 0 Å². The van der Waals surface area contributed by atoms with Crippen molar-refractivity contribution in [2.45, 2.75) is 57.1 Å². The van der Waals surface area contributed by atoms with Crippen LogP contribution in [0.5, 0.6) is 11.5 Å². The molecule has 3 heterocycles. The van der Waals surface area contributed by atoms with Crippen LogP contribution < -0.4 is 9.47 Å². The number of rotatable bonds is 6. The van der Waals surface area contributed by atoms with Gasteiger partial charge in [0.15, 0.2) is 0 Å². The van der Waals surface area contributed by atoms with Gasteiger partial charge in [0.2, 0.25) is 0 Å². The summed E-state index contributed by atoms with van der Waals surface area (Å²) in [7, 11) is 0. The second-order valence-electron chi connectivity index (χ2n) is 9.86. The Hall–Kier alpha value is -3.53. The first-order chi connectivity index (χ1) is 17.8. The van der Waals surface area contributed by atoms with Crippen LogP contribution in [0.15, 0.2) is 42.7 Å². The van der Waals surface area contributed by atoms with E-state index in [1.54, 1.807) is 24.4 Å². The van der Waals surface area contributed by atoms with E-state index in [1.807, 2.05) is 21.7 Å². The molecule has 2 aliphatic heterocycles. The number of carbonyl (C=O) groups is 1. The van der Waals surface area contributed by atoms with E-state index in [2.05, 4.69) is 4.98 Å². The molecule has 6 rings (SSSR count). The molecule has 3 aliphatic rings. The first kappa shape index (κ1) is 23.8. The van der Waals surface area contributed by atoms with Crippen molar-refractivity contribution in [3.05, 3.63) is 76.4 Å². The quantitative estimate of drug-likeness (QED) is 0.504. The molecule has 7 nitrogen and oxygen atoms in total. The SMILES string of the molecule is O=C(O)CC1COc2cc(OC3CCc4c3ccc(C(F)(F)F)c4CN3CCn4ccnc4C3)ccc21. The van der Waals surface area contributed by atoms with Crippen LogP contribution in [0, 0.1) is 0 Å². The number of aliphatic carboxylic acids is 1. The van der Waals surface area contributed by atoms with Crippen LogP contribution in [0.25, 0.3) is 0 Å². The van der Waals surface area contributed by atoms with Crippen LogP contribution in [-0.4, -0.2) is 38.7 Å². The molecule has 0 bridgehead atoms. The minimum absolute atomic E-state index is 0.00751. The van der Waals surface area contributed by atoms with E-state index in [9.17, 15) is 18.0 Å². The monoisotopic (exact) mass is 513 g/mol. The molecule has 0 radical (unpaired) electrons. The van der Waals surface area contributed by atoms with Gasteiger partial charge in [-0.25, -0.2) is 4.98 Å². The Morgan fingerprint density at radius 3 is 2.84 bits per heavy atom. The number of fused-ring (bicyclic) bond motifs is 3. The number of carboxylic acids is 1. The van der Waals surface area contributed by atoms with Gasteiger partial charge in [-0.2, -0.15) is 13.2 Å². The number of aromatic nitrogens is 2. The van der Waals surface area contributed by atoms with Crippen LogP contribution in [0.1, 0.15) is 58.5 Å². The minimum Gasteiger partial charge on any atom is -0.492 e. The van der Waals surface area contributed by atoms with E-state index in [4.69, 9.17) is 14.6 Å². The topological polar surface area (TPSA) is 76.8 Å². The lowest BCUT2D eigenvalue weighted by molar-refractivity contribution is -0.139. The smallest absolute Gasteiger partial charge is 0.416 e. The Labute approximate surface area is 211 Å². The summed E-state index contributed by atoms with van der Waals surface area (Å²) in [5.41, 5.74) is 2.07. The number of hydrogen-bond donors (Lipinski definition) is 1. The average Bonchev–Trinajstić information content (AvgIpc) is 3.57. The molecule has 1 N–H and O–H groups in total. The van der Waals surface area contributed by atoms with Crippen molar-refractivity contribution in [3.8, 4) is 11.5 Å². The number of hydrogen-bond acceptors (Lipinski definition) is 5. The van der Waals surface area contributed by atoms with Crippen LogP contribution in [-0.2, 0) is 37.0 Å². The summed E-state index contributed by atoms with van der Waals surface area (Å²) in [5, 5.41) is 9.11. The van der Waals surface area contributed by atoms with Crippen molar-refractivity contribution in [2.75, 3.05) is 13.2 Å². The van der Waals surface area contributed by atoms with Gasteiger partial charge < -0.3 is 19.1 Å². The molecule has 1 aliphatic carbocycles. The van der Waals surface area contributed by atoms with E-state index < -0.39 is 17.7 Å². The zero-order valence-corrected chi connectivity index (χ0v) is 20.0. The Kier molecular flexibility index (Phi) is 5.86. The number of imidazole rings is 1. The van der Waals surface area contributed by atoms with Gasteiger partial charge in [0, 0.05) is 49.6 Å². The standard InChI is InChI=1S/C27H26F3N3O4/c28-27(29,30)22-5-3-20-19(21(22)13-32-9-10-33-8-7-31-25(33)14-32)4-6-23(20)37-17-1-2-18-16(11-26(34)35)15-36-24(18)12-17/h1-3,5,7-8,12,16,23H,4,6,9-11,13-15H2,(H,34,35). The summed E-state index contributed by atoms with van der Waals surface area (Å²) in [6.45, 7) is 2.37. The number of carboxylic acid groups (broad SMARTS) is 1. The number of alkyl halides is 3. The van der Waals surface area contributed by atoms with Gasteiger partial charge in [-0.1, -0.05) is 12.1 Å². The summed E-state index contributed by atoms with van der Waals surface area (Å²) in [5.74, 6) is 0.923. The summed E-state index contributed by atoms with van der Waals surface area (Å²) >= 11 is 0. The summed E-state index contributed by atoms with van der Waals surface area (Å²) in [6.07, 6.45) is -0.124. The molecule has 2 aromatic carbocycles. The Balaban J connectivity index is 1.25. The normalized spacial score (nSPS) is 20.7. The van der Waals surface area contributed by atoms with Crippen LogP contribution in [0.2, 0.25) is 0 Å². The van der Waals surface area contributed by atoms with E-state index >= 15 is 0 Å². The maximum absolute atomic E-state index is 14.0. The number of nitrogens with zero attached hydrogens (tertiary/aromatic N) is 3. The molecular weight excluding hydrogens is 487 g/mol. The van der Waals surface area contributed by atoms with Crippen LogP contribution >= 0.6 is 0 Å². The van der Waals surface area contributed by atoms with Gasteiger partial charge >= 0.3 is 12.1 Å². The molecule has 37 heavy (non-hydrogen) atoms. The van der Waals surface area contributed by atoms with Gasteiger partial charge in [-0.15, -0.1) is 0 Å². The predicted molar refractivity (Wildman–Crippen MR) is 126 cm³/mol. The van der Waals surface area contributed by atoms with Crippen LogP contribution in [0.3, 0.4) is 0 Å². The van der Waals surface area contributed by atoms with Crippen molar-refractivity contribution < 1.29 is 32.5 Å². The largest absolute Gasteiger partial charge is 0.492 e. The maximum atomic E-state index is 14.0. The van der Waals surface area contributed by atoms with Crippen molar-refractivity contribution >= 4 is 5.97 Å². The zero-order chi connectivity index (χ0) is 25.7. The molecular formula is C27H26F3N3O4. The molecule has 2 unspecified atom stereocenters. The van der Waals surface area contributed by atoms with Crippen LogP contribution in [0.4, 0.5) is 13.2 Å². The highest BCUT2D eigenvalue weighted by Gasteiger charge is 2.38. The van der Waals surface area contributed by atoms with E-state index in [1.165, 1.54) is 6.07 Å². The lowest BCUT2D eigenvalue weighted by atomic mass is 9.96. The van der Waals surface area contributed by atoms with Gasteiger partial charge in [0.1, 0.15) is 23.4 Å². The van der Waals surface area contributed by atoms with E-state index in [-0.39, 0.29) is 25.0 Å². The number of halogens is 3. The van der Waals surface area contributed by atoms with Crippen molar-refractivity contribution in [1.29, 1.82) is 0 Å². The summed E-state index contributed by atoms with van der Waals surface area (Å²) in [4.78, 5) is 17.5. The fourth-order valence-corrected chi connectivity index (χ4v) is 5.76. The maximum Gasteiger partial charge on any atom is 0.416 e. The highest BCUT2D eigenvalue weighted by atomic mass is 19.4. The Morgan fingerprint density at radius 1 is 1.19 bits per heavy atom. The molecule has 3 aromatic rings. The third kappa shape index (κ3) is 4.54. The summed E-state index contributed by atoms with van der Waals surface area (Å²) in [6, 6.07) is 8.08. The lowest BCUT2D eigenvalue weighted by Gasteiger charge is -2.29. The first-order valence-electron chi connectivity index (χ1n) is 12.4. The van der Waals surface area contributed by atoms with Crippen molar-refractivity contribution in [1.82, 2.24) is 14.5 Å². The first-order valence-corrected chi connectivity index (χ1v) is 12.4. The fraction of sp³-hybridized carbons (Fsp3) is 0.407. The molecule has 10 heteroatoms. The molecule has 0 amide bonds.